The quantitative estimate of drug-likeness (QED) is 0.151. The van der Waals surface area contributed by atoms with E-state index in [2.05, 4.69) is 75.4 Å². The van der Waals surface area contributed by atoms with Gasteiger partial charge in [0.1, 0.15) is 0 Å². The summed E-state index contributed by atoms with van der Waals surface area (Å²) in [6.45, 7) is 7.19. The number of benzene rings is 3. The van der Waals surface area contributed by atoms with Crippen LogP contribution in [0.25, 0.3) is 0 Å². The third-order valence-corrected chi connectivity index (χ3v) is 14.4. The third kappa shape index (κ3) is 8.49. The first kappa shape index (κ1) is 32.0. The van der Waals surface area contributed by atoms with Crippen LogP contribution in [-0.2, 0) is 20.6 Å². The van der Waals surface area contributed by atoms with Gasteiger partial charge in [-0.15, -0.1) is 11.8 Å². The molecule has 3 aromatic carbocycles. The minimum absolute atomic E-state index is 0.0686. The van der Waals surface area contributed by atoms with Crippen molar-refractivity contribution in [1.82, 2.24) is 4.90 Å². The summed E-state index contributed by atoms with van der Waals surface area (Å²) >= 11 is 3.23. The van der Waals surface area contributed by atoms with E-state index in [1.54, 1.807) is 42.5 Å². The number of hydrogen-bond donors (Lipinski definition) is 0. The molecule has 0 saturated heterocycles. The largest absolute Gasteiger partial charge is 0.550 e. The molecule has 0 radical (unpaired) electrons. The molecule has 0 aliphatic carbocycles. The maximum absolute atomic E-state index is 11.8. The SMILES string of the molecule is CN(C)C(=O)CCSCSC(CC(=O)[O-])c1cccc(CO[Si](c2ccccc2)(c2ccccc2)C(C)(C)C)c1. The summed E-state index contributed by atoms with van der Waals surface area (Å²) < 4.78 is 7.09. The number of carbonyl (C=O) groups is 2. The van der Waals surface area contributed by atoms with Gasteiger partial charge < -0.3 is 19.2 Å². The average molecular weight is 595 g/mol. The van der Waals surface area contributed by atoms with Crippen LogP contribution in [0, 0.1) is 0 Å². The Bertz CT molecular complexity index is 1190. The molecule has 8 heteroatoms. The van der Waals surface area contributed by atoms with E-state index >= 15 is 0 Å². The van der Waals surface area contributed by atoms with Gasteiger partial charge in [-0.3, -0.25) is 4.79 Å². The Labute approximate surface area is 248 Å². The Morgan fingerprint density at radius 1 is 0.925 bits per heavy atom. The second-order valence-corrected chi connectivity index (χ2v) is 18.0. The Kier molecular flexibility index (Phi) is 11.9. The first-order valence-electron chi connectivity index (χ1n) is 13.5. The molecule has 40 heavy (non-hydrogen) atoms. The van der Waals surface area contributed by atoms with E-state index in [0.29, 0.717) is 23.9 Å². The molecule has 0 bridgehead atoms. The standard InChI is InChI=1S/C32H41NO4S2Si/c1-32(2,3)40(27-15-8-6-9-16-27,28-17-10-7-11-18-28)37-23-25-13-12-14-26(21-25)29(22-31(35)36)39-24-38-20-19-30(34)33(4)5/h6-18,21,29H,19-20,22-24H2,1-5H3,(H,35,36)/p-1. The molecule has 1 atom stereocenters. The van der Waals surface area contributed by atoms with Crippen LogP contribution in [0.5, 0.6) is 0 Å². The van der Waals surface area contributed by atoms with Crippen molar-refractivity contribution in [2.45, 2.75) is 50.5 Å². The van der Waals surface area contributed by atoms with Gasteiger partial charge in [0.05, 0.1) is 6.61 Å². The zero-order chi connectivity index (χ0) is 29.2. The van der Waals surface area contributed by atoms with Crippen LogP contribution >= 0.6 is 23.5 Å². The first-order valence-corrected chi connectivity index (χ1v) is 17.6. The van der Waals surface area contributed by atoms with Gasteiger partial charge in [0.15, 0.2) is 0 Å². The van der Waals surface area contributed by atoms with E-state index in [1.165, 1.54) is 10.4 Å². The Balaban J connectivity index is 1.82. The smallest absolute Gasteiger partial charge is 0.261 e. The molecule has 0 heterocycles. The van der Waals surface area contributed by atoms with Crippen LogP contribution in [0.4, 0.5) is 0 Å². The van der Waals surface area contributed by atoms with Gasteiger partial charge in [-0.25, -0.2) is 0 Å². The molecular weight excluding hydrogens is 555 g/mol. The van der Waals surface area contributed by atoms with Crippen LogP contribution < -0.4 is 15.5 Å². The lowest BCUT2D eigenvalue weighted by Gasteiger charge is -2.43. The fraction of sp³-hybridized carbons (Fsp3) is 0.375. The van der Waals surface area contributed by atoms with Gasteiger partial charge in [-0.1, -0.05) is 106 Å². The van der Waals surface area contributed by atoms with Gasteiger partial charge >= 0.3 is 0 Å². The van der Waals surface area contributed by atoms with E-state index in [0.717, 1.165) is 11.1 Å². The summed E-state index contributed by atoms with van der Waals surface area (Å²) in [5.74, 6) is -0.273. The van der Waals surface area contributed by atoms with Crippen LogP contribution in [0.3, 0.4) is 0 Å². The number of rotatable bonds is 14. The molecule has 0 aliphatic heterocycles. The highest BCUT2D eigenvalue weighted by atomic mass is 32.2. The predicted molar refractivity (Wildman–Crippen MR) is 169 cm³/mol. The summed E-state index contributed by atoms with van der Waals surface area (Å²) in [5, 5.41) is 14.4. The molecule has 0 saturated carbocycles. The Morgan fingerprint density at radius 3 is 2.05 bits per heavy atom. The van der Waals surface area contributed by atoms with Crippen molar-refractivity contribution in [2.75, 3.05) is 24.9 Å². The van der Waals surface area contributed by atoms with Crippen molar-refractivity contribution in [3.63, 3.8) is 0 Å². The van der Waals surface area contributed by atoms with Gasteiger partial charge in [0.25, 0.3) is 8.32 Å². The van der Waals surface area contributed by atoms with Crippen molar-refractivity contribution in [2.24, 2.45) is 0 Å². The molecule has 5 nitrogen and oxygen atoms in total. The highest BCUT2D eigenvalue weighted by Gasteiger charge is 2.50. The molecule has 1 amide bonds. The van der Waals surface area contributed by atoms with E-state index < -0.39 is 14.3 Å². The van der Waals surface area contributed by atoms with E-state index in [-0.39, 0.29) is 22.6 Å². The van der Waals surface area contributed by atoms with Crippen molar-refractivity contribution >= 4 is 54.1 Å². The van der Waals surface area contributed by atoms with Crippen molar-refractivity contribution in [1.29, 1.82) is 0 Å². The monoisotopic (exact) mass is 594 g/mol. The molecular formula is C32H40NO4S2Si-. The zero-order valence-electron chi connectivity index (χ0n) is 24.1. The van der Waals surface area contributed by atoms with Gasteiger partial charge in [0.2, 0.25) is 5.91 Å². The number of nitrogens with zero attached hydrogens (tertiary/aromatic N) is 1. The van der Waals surface area contributed by atoms with E-state index in [4.69, 9.17) is 4.43 Å². The Hall–Kier alpha value is -2.52. The number of thioether (sulfide) groups is 2. The fourth-order valence-corrected chi connectivity index (χ4v) is 11.8. The number of amides is 1. The van der Waals surface area contributed by atoms with Crippen molar-refractivity contribution < 1.29 is 19.1 Å². The summed E-state index contributed by atoms with van der Waals surface area (Å²) in [4.78, 5) is 25.0. The Morgan fingerprint density at radius 2 is 1.52 bits per heavy atom. The second kappa shape index (κ2) is 14.9. The average Bonchev–Trinajstić information content (AvgIpc) is 2.93. The molecule has 1 unspecified atom stereocenters. The number of carbonyl (C=O) groups excluding carboxylic acids is 2. The number of carboxylic acid groups (broad SMARTS) is 1. The molecule has 0 aromatic heterocycles. The molecule has 3 rings (SSSR count). The predicted octanol–water partition coefficient (Wildman–Crippen LogP) is 4.85. The van der Waals surface area contributed by atoms with Crippen molar-refractivity contribution in [3.8, 4) is 0 Å². The zero-order valence-corrected chi connectivity index (χ0v) is 26.7. The van der Waals surface area contributed by atoms with Crippen molar-refractivity contribution in [3.05, 3.63) is 96.1 Å². The maximum Gasteiger partial charge on any atom is 0.261 e. The number of hydrogen-bond acceptors (Lipinski definition) is 6. The molecule has 0 spiro atoms. The molecule has 3 aromatic rings. The van der Waals surface area contributed by atoms with E-state index in [1.807, 2.05) is 30.3 Å². The molecule has 214 valence electrons. The van der Waals surface area contributed by atoms with E-state index in [9.17, 15) is 14.7 Å². The van der Waals surface area contributed by atoms with Crippen LogP contribution in [0.15, 0.2) is 84.9 Å². The maximum atomic E-state index is 11.8. The molecule has 0 aliphatic rings. The van der Waals surface area contributed by atoms with Gasteiger partial charge in [0, 0.05) is 49.0 Å². The van der Waals surface area contributed by atoms with Crippen LogP contribution in [0.1, 0.15) is 50.0 Å². The summed E-state index contributed by atoms with van der Waals surface area (Å²) in [6.07, 6.45) is 0.402. The first-order chi connectivity index (χ1) is 19.0. The lowest BCUT2D eigenvalue weighted by atomic mass is 10.1. The molecule has 0 fully saturated rings. The highest BCUT2D eigenvalue weighted by Crippen LogP contribution is 2.38. The van der Waals surface area contributed by atoms with Crippen LogP contribution in [0.2, 0.25) is 5.04 Å². The number of carboxylic acids is 1. The summed E-state index contributed by atoms with van der Waals surface area (Å²) in [6, 6.07) is 29.2. The summed E-state index contributed by atoms with van der Waals surface area (Å²) in [7, 11) is 0.810. The summed E-state index contributed by atoms with van der Waals surface area (Å²) in [5.41, 5.74) is 1.96. The highest BCUT2D eigenvalue weighted by molar-refractivity contribution is 8.16. The minimum Gasteiger partial charge on any atom is -0.550 e. The fourth-order valence-electron chi connectivity index (χ4n) is 4.83. The third-order valence-electron chi connectivity index (χ3n) is 6.86. The second-order valence-electron chi connectivity index (χ2n) is 11.0. The number of aliphatic carboxylic acids is 1. The van der Waals surface area contributed by atoms with Crippen LogP contribution in [-0.4, -0.2) is 50.0 Å². The molecule has 0 N–H and O–H groups in total. The lowest BCUT2D eigenvalue weighted by molar-refractivity contribution is -0.305. The van der Waals surface area contributed by atoms with Gasteiger partial charge in [-0.05, 0) is 26.5 Å². The lowest BCUT2D eigenvalue weighted by Crippen LogP contribution is -2.66. The normalized spacial score (nSPS) is 12.6. The van der Waals surface area contributed by atoms with Gasteiger partial charge in [-0.2, -0.15) is 11.8 Å². The minimum atomic E-state index is -2.69. The topological polar surface area (TPSA) is 69.7 Å².